The standard InChI is InChI=1S/C22H24FNOSi/c1-22(2,3)26(20-10-6-4-7-11-20,21-12-8-5-9-13-21)25-17-18-14-19(23)16-24-15-18/h4-16H,17H2,1-3H3. The Balaban J connectivity index is 2.11. The predicted octanol–water partition coefficient (Wildman–Crippen LogP) is 4.30. The zero-order valence-corrected chi connectivity index (χ0v) is 16.4. The normalized spacial score (nSPS) is 12.2. The molecule has 26 heavy (non-hydrogen) atoms. The molecule has 0 radical (unpaired) electrons. The number of halogens is 1. The van der Waals surface area contributed by atoms with Crippen molar-refractivity contribution in [3.8, 4) is 0 Å². The minimum Gasteiger partial charge on any atom is -0.403 e. The number of nitrogens with zero attached hydrogens (tertiary/aromatic N) is 1. The van der Waals surface area contributed by atoms with Crippen LogP contribution in [0.25, 0.3) is 0 Å². The van der Waals surface area contributed by atoms with Gasteiger partial charge >= 0.3 is 0 Å². The van der Waals surface area contributed by atoms with Crippen LogP contribution in [0, 0.1) is 5.82 Å². The van der Waals surface area contributed by atoms with Crippen LogP contribution in [0.3, 0.4) is 0 Å². The maximum atomic E-state index is 13.6. The Labute approximate surface area is 155 Å². The van der Waals surface area contributed by atoms with Crippen molar-refractivity contribution in [2.24, 2.45) is 0 Å². The molecular weight excluding hydrogens is 341 g/mol. The Morgan fingerprint density at radius 2 is 1.42 bits per heavy atom. The molecule has 0 unspecified atom stereocenters. The number of hydrogen-bond donors (Lipinski definition) is 0. The minimum absolute atomic E-state index is 0.101. The maximum Gasteiger partial charge on any atom is 0.261 e. The van der Waals surface area contributed by atoms with E-state index in [0.717, 1.165) is 5.56 Å². The van der Waals surface area contributed by atoms with E-state index < -0.39 is 8.32 Å². The molecule has 1 aromatic heterocycles. The lowest BCUT2D eigenvalue weighted by Crippen LogP contribution is -2.66. The van der Waals surface area contributed by atoms with Gasteiger partial charge in [-0.15, -0.1) is 0 Å². The van der Waals surface area contributed by atoms with Crippen LogP contribution in [-0.2, 0) is 11.0 Å². The third kappa shape index (κ3) is 3.62. The Bertz CT molecular complexity index is 807. The van der Waals surface area contributed by atoms with Gasteiger partial charge in [0.05, 0.1) is 12.8 Å². The summed E-state index contributed by atoms with van der Waals surface area (Å²) in [7, 11) is -2.60. The van der Waals surface area contributed by atoms with Crippen LogP contribution < -0.4 is 10.4 Å². The second kappa shape index (κ2) is 7.52. The first kappa shape index (κ1) is 18.5. The van der Waals surface area contributed by atoms with E-state index in [2.05, 4.69) is 74.3 Å². The molecule has 3 rings (SSSR count). The Morgan fingerprint density at radius 1 is 0.885 bits per heavy atom. The van der Waals surface area contributed by atoms with E-state index in [4.69, 9.17) is 4.43 Å². The highest BCUT2D eigenvalue weighted by atomic mass is 28.4. The van der Waals surface area contributed by atoms with Crippen LogP contribution in [-0.4, -0.2) is 13.3 Å². The van der Waals surface area contributed by atoms with Crippen molar-refractivity contribution in [1.29, 1.82) is 0 Å². The van der Waals surface area contributed by atoms with Gasteiger partial charge in [0.2, 0.25) is 0 Å². The molecule has 2 aromatic carbocycles. The molecule has 0 spiro atoms. The van der Waals surface area contributed by atoms with Crippen LogP contribution in [0.5, 0.6) is 0 Å². The van der Waals surface area contributed by atoms with E-state index >= 15 is 0 Å². The second-order valence-corrected chi connectivity index (χ2v) is 11.8. The van der Waals surface area contributed by atoms with Crippen LogP contribution in [0.15, 0.2) is 79.1 Å². The van der Waals surface area contributed by atoms with Gasteiger partial charge in [-0.3, -0.25) is 4.98 Å². The highest BCUT2D eigenvalue weighted by molar-refractivity contribution is 6.99. The first-order valence-electron chi connectivity index (χ1n) is 8.78. The van der Waals surface area contributed by atoms with Gasteiger partial charge in [-0.2, -0.15) is 0 Å². The van der Waals surface area contributed by atoms with Crippen molar-refractivity contribution < 1.29 is 8.82 Å². The monoisotopic (exact) mass is 365 g/mol. The molecular formula is C22H24FNOSi. The fraction of sp³-hybridized carbons (Fsp3) is 0.227. The molecule has 134 valence electrons. The number of aromatic nitrogens is 1. The van der Waals surface area contributed by atoms with Crippen molar-refractivity contribution in [3.05, 3.63) is 90.5 Å². The van der Waals surface area contributed by atoms with Gasteiger partial charge < -0.3 is 4.43 Å². The van der Waals surface area contributed by atoms with Gasteiger partial charge in [-0.25, -0.2) is 4.39 Å². The van der Waals surface area contributed by atoms with Crippen LogP contribution in [0.1, 0.15) is 26.3 Å². The van der Waals surface area contributed by atoms with Crippen LogP contribution in [0.4, 0.5) is 4.39 Å². The largest absolute Gasteiger partial charge is 0.403 e. The molecule has 0 saturated carbocycles. The quantitative estimate of drug-likeness (QED) is 0.629. The third-order valence-corrected chi connectivity index (χ3v) is 9.62. The predicted molar refractivity (Wildman–Crippen MR) is 107 cm³/mol. The van der Waals surface area contributed by atoms with Gasteiger partial charge in [0.1, 0.15) is 5.82 Å². The van der Waals surface area contributed by atoms with Gasteiger partial charge in [0, 0.05) is 6.20 Å². The molecule has 1 heterocycles. The summed E-state index contributed by atoms with van der Waals surface area (Å²) in [5, 5.41) is 2.32. The average molecular weight is 366 g/mol. The SMILES string of the molecule is CC(C)(C)[Si](OCc1cncc(F)c1)(c1ccccc1)c1ccccc1. The van der Waals surface area contributed by atoms with Crippen molar-refractivity contribution in [3.63, 3.8) is 0 Å². The molecule has 0 saturated heterocycles. The van der Waals surface area contributed by atoms with Crippen LogP contribution >= 0.6 is 0 Å². The fourth-order valence-electron chi connectivity index (χ4n) is 3.49. The molecule has 2 nitrogen and oxygen atoms in total. The van der Waals surface area contributed by atoms with Gasteiger partial charge in [0.25, 0.3) is 8.32 Å². The molecule has 0 amide bonds. The smallest absolute Gasteiger partial charge is 0.261 e. The molecule has 0 fully saturated rings. The summed E-state index contributed by atoms with van der Waals surface area (Å²) in [5.74, 6) is -0.339. The second-order valence-electron chi connectivity index (χ2n) is 7.46. The average Bonchev–Trinajstić information content (AvgIpc) is 2.63. The van der Waals surface area contributed by atoms with E-state index in [-0.39, 0.29) is 10.9 Å². The van der Waals surface area contributed by atoms with Gasteiger partial charge in [-0.05, 0) is 27.0 Å². The van der Waals surface area contributed by atoms with E-state index in [1.165, 1.54) is 22.6 Å². The summed E-state index contributed by atoms with van der Waals surface area (Å²) in [6.45, 7) is 7.01. The number of benzene rings is 2. The Hall–Kier alpha value is -2.30. The molecule has 0 aliphatic carbocycles. The molecule has 0 atom stereocenters. The zero-order chi connectivity index (χ0) is 18.6. The molecule has 0 N–H and O–H groups in total. The van der Waals surface area contributed by atoms with E-state index in [1.807, 2.05) is 12.1 Å². The number of rotatable bonds is 5. The minimum atomic E-state index is -2.60. The van der Waals surface area contributed by atoms with Crippen LogP contribution in [0.2, 0.25) is 5.04 Å². The summed E-state index contributed by atoms with van der Waals surface area (Å²) in [6.07, 6.45) is 2.88. The first-order valence-corrected chi connectivity index (χ1v) is 10.7. The fourth-order valence-corrected chi connectivity index (χ4v) is 8.03. The molecule has 0 aliphatic heterocycles. The maximum absolute atomic E-state index is 13.6. The molecule has 3 aromatic rings. The lowest BCUT2D eigenvalue weighted by atomic mass is 10.2. The van der Waals surface area contributed by atoms with Gasteiger partial charge in [-0.1, -0.05) is 81.4 Å². The Morgan fingerprint density at radius 3 is 1.88 bits per heavy atom. The Kier molecular flexibility index (Phi) is 5.35. The molecule has 0 aliphatic rings. The van der Waals surface area contributed by atoms with Crippen molar-refractivity contribution in [2.45, 2.75) is 32.4 Å². The summed E-state index contributed by atoms with van der Waals surface area (Å²) in [4.78, 5) is 3.95. The number of pyridine rings is 1. The lowest BCUT2D eigenvalue weighted by Gasteiger charge is -2.43. The zero-order valence-electron chi connectivity index (χ0n) is 15.4. The summed E-state index contributed by atoms with van der Waals surface area (Å²) in [6, 6.07) is 22.3. The van der Waals surface area contributed by atoms with Crippen molar-refractivity contribution >= 4 is 18.7 Å². The van der Waals surface area contributed by atoms with E-state index in [0.29, 0.717) is 6.61 Å². The van der Waals surface area contributed by atoms with Crippen molar-refractivity contribution in [2.75, 3.05) is 0 Å². The summed E-state index contributed by atoms with van der Waals surface area (Å²) < 4.78 is 20.3. The van der Waals surface area contributed by atoms with Crippen molar-refractivity contribution in [1.82, 2.24) is 4.98 Å². The topological polar surface area (TPSA) is 22.1 Å². The van der Waals surface area contributed by atoms with Gasteiger partial charge in [0.15, 0.2) is 0 Å². The highest BCUT2D eigenvalue weighted by Crippen LogP contribution is 2.37. The first-order chi connectivity index (χ1) is 12.4. The molecule has 4 heteroatoms. The summed E-state index contributed by atoms with van der Waals surface area (Å²) in [5.41, 5.74) is 0.748. The highest BCUT2D eigenvalue weighted by Gasteiger charge is 2.50. The third-order valence-electron chi connectivity index (χ3n) is 4.63. The van der Waals surface area contributed by atoms with E-state index in [9.17, 15) is 4.39 Å². The summed E-state index contributed by atoms with van der Waals surface area (Å²) >= 11 is 0. The van der Waals surface area contributed by atoms with E-state index in [1.54, 1.807) is 6.20 Å². The number of hydrogen-bond acceptors (Lipinski definition) is 2. The lowest BCUT2D eigenvalue weighted by molar-refractivity contribution is 0.285. The molecule has 0 bridgehead atoms.